The molecule has 1 heterocycles. The molecule has 0 radical (unpaired) electrons. The first-order chi connectivity index (χ1) is 10.6. The molecule has 0 atom stereocenters. The molecule has 1 aliphatic heterocycles. The summed E-state index contributed by atoms with van der Waals surface area (Å²) >= 11 is 6.12. The van der Waals surface area contributed by atoms with Crippen LogP contribution in [0.4, 0.5) is 0 Å². The Kier molecular flexibility index (Phi) is 6.53. The molecule has 3 rings (SSSR count). The molecule has 1 N–H and O–H groups in total. The number of nitrogens with zero attached hydrogens (tertiary/aromatic N) is 1. The average molecular weight is 338 g/mol. The maximum atomic E-state index is 6.12. The number of likely N-dealkylation sites (N-methyl/N-ethyl adjacent to an activating group) is 1. The number of halogens is 1. The van der Waals surface area contributed by atoms with Gasteiger partial charge >= 0.3 is 0 Å². The zero-order valence-electron chi connectivity index (χ0n) is 14.6. The van der Waals surface area contributed by atoms with Gasteiger partial charge in [-0.1, -0.05) is 43.0 Å². The van der Waals surface area contributed by atoms with E-state index in [0.29, 0.717) is 5.41 Å². The molecule has 1 aliphatic carbocycles. The van der Waals surface area contributed by atoms with Crippen LogP contribution in [0.3, 0.4) is 0 Å². The van der Waals surface area contributed by atoms with Crippen LogP contribution in [0.25, 0.3) is 0 Å². The first kappa shape index (κ1) is 18.8. The Labute approximate surface area is 146 Å². The van der Waals surface area contributed by atoms with E-state index in [1.165, 1.54) is 87.5 Å². The van der Waals surface area contributed by atoms with Crippen LogP contribution in [0, 0.1) is 0 Å². The Morgan fingerprint density at radius 1 is 0.870 bits per heavy atom. The fraction of sp³-hybridized carbons (Fsp3) is 0.700. The zero-order valence-corrected chi connectivity index (χ0v) is 15.3. The first-order valence-corrected chi connectivity index (χ1v) is 9.59. The zero-order chi connectivity index (χ0) is 15.5. The van der Waals surface area contributed by atoms with E-state index in [1.54, 1.807) is 0 Å². The molecule has 3 heteroatoms. The van der Waals surface area contributed by atoms with Crippen LogP contribution in [0.1, 0.15) is 63.4 Å². The van der Waals surface area contributed by atoms with Crippen LogP contribution in [0.15, 0.2) is 24.3 Å². The number of benzene rings is 1. The van der Waals surface area contributed by atoms with Crippen LogP contribution >= 0.6 is 11.6 Å². The SMILES string of the molecule is C[N+]1(CC2(c3ccc(Cl)cc3)CCCC2)CCCCCCC1.[OH-]. The van der Waals surface area contributed by atoms with Gasteiger partial charge in [-0.05, 0) is 56.2 Å². The monoisotopic (exact) mass is 337 g/mol. The van der Waals surface area contributed by atoms with E-state index in [4.69, 9.17) is 11.6 Å². The molecule has 1 aromatic carbocycles. The number of quaternary nitrogens is 1. The fourth-order valence-electron chi connectivity index (χ4n) is 4.91. The van der Waals surface area contributed by atoms with E-state index in [9.17, 15) is 0 Å². The van der Waals surface area contributed by atoms with Crippen molar-refractivity contribution >= 4 is 11.6 Å². The summed E-state index contributed by atoms with van der Waals surface area (Å²) in [7, 11) is 2.52. The molecule has 0 bridgehead atoms. The Morgan fingerprint density at radius 3 is 1.96 bits per heavy atom. The fourth-order valence-corrected chi connectivity index (χ4v) is 5.04. The predicted molar refractivity (Wildman–Crippen MR) is 97.4 cm³/mol. The third-order valence-electron chi connectivity index (χ3n) is 6.10. The number of hydrogen-bond donors (Lipinski definition) is 0. The molecule has 0 amide bonds. The normalized spacial score (nSPS) is 23.6. The molecule has 1 saturated carbocycles. The van der Waals surface area contributed by atoms with E-state index in [1.807, 2.05) is 0 Å². The Morgan fingerprint density at radius 2 is 1.39 bits per heavy atom. The van der Waals surface area contributed by atoms with Crippen molar-refractivity contribution < 1.29 is 9.96 Å². The lowest BCUT2D eigenvalue weighted by Gasteiger charge is -2.43. The molecule has 0 spiro atoms. The van der Waals surface area contributed by atoms with E-state index in [2.05, 4.69) is 31.3 Å². The van der Waals surface area contributed by atoms with Crippen molar-refractivity contribution in [2.45, 2.75) is 63.2 Å². The van der Waals surface area contributed by atoms with Crippen LogP contribution in [0.5, 0.6) is 0 Å². The topological polar surface area (TPSA) is 30.0 Å². The molecule has 2 nitrogen and oxygen atoms in total. The van der Waals surface area contributed by atoms with Gasteiger partial charge < -0.3 is 9.96 Å². The van der Waals surface area contributed by atoms with Gasteiger partial charge in [-0.3, -0.25) is 0 Å². The summed E-state index contributed by atoms with van der Waals surface area (Å²) in [5, 5.41) is 0.864. The smallest absolute Gasteiger partial charge is 0.0882 e. The molecule has 2 aliphatic rings. The second-order valence-corrected chi connectivity index (χ2v) is 8.42. The van der Waals surface area contributed by atoms with Crippen molar-refractivity contribution in [1.29, 1.82) is 0 Å². The van der Waals surface area contributed by atoms with Crippen molar-refractivity contribution in [2.24, 2.45) is 0 Å². The summed E-state index contributed by atoms with van der Waals surface area (Å²) in [5.41, 5.74) is 1.94. The largest absolute Gasteiger partial charge is 0.870 e. The summed E-state index contributed by atoms with van der Waals surface area (Å²) in [4.78, 5) is 0. The number of rotatable bonds is 3. The van der Waals surface area contributed by atoms with Gasteiger partial charge in [0.25, 0.3) is 0 Å². The van der Waals surface area contributed by atoms with Gasteiger partial charge in [-0.15, -0.1) is 0 Å². The van der Waals surface area contributed by atoms with Gasteiger partial charge in [-0.25, -0.2) is 0 Å². The minimum atomic E-state index is 0. The van der Waals surface area contributed by atoms with Crippen LogP contribution < -0.4 is 0 Å². The van der Waals surface area contributed by atoms with Crippen molar-refractivity contribution in [3.05, 3.63) is 34.9 Å². The lowest BCUT2D eigenvalue weighted by Crippen LogP contribution is -2.53. The van der Waals surface area contributed by atoms with Gasteiger partial charge in [0.1, 0.15) is 0 Å². The Hall–Kier alpha value is -0.570. The van der Waals surface area contributed by atoms with E-state index >= 15 is 0 Å². The molecule has 0 unspecified atom stereocenters. The van der Waals surface area contributed by atoms with Crippen LogP contribution in [0.2, 0.25) is 5.02 Å². The molecule has 2 fully saturated rings. The average Bonchev–Trinajstić information content (AvgIpc) is 2.94. The molecule has 1 aromatic rings. The lowest BCUT2D eigenvalue weighted by molar-refractivity contribution is -0.914. The van der Waals surface area contributed by atoms with Gasteiger partial charge in [0.05, 0.1) is 26.7 Å². The highest BCUT2D eigenvalue weighted by Gasteiger charge is 2.42. The van der Waals surface area contributed by atoms with Crippen molar-refractivity contribution in [3.8, 4) is 0 Å². The van der Waals surface area contributed by atoms with Gasteiger partial charge in [-0.2, -0.15) is 0 Å². The molecule has 130 valence electrons. The summed E-state index contributed by atoms with van der Waals surface area (Å²) < 4.78 is 1.28. The summed E-state index contributed by atoms with van der Waals surface area (Å²) in [6.45, 7) is 4.07. The maximum Gasteiger partial charge on any atom is 0.0882 e. The van der Waals surface area contributed by atoms with Crippen molar-refractivity contribution in [1.82, 2.24) is 0 Å². The third kappa shape index (κ3) is 4.49. The predicted octanol–water partition coefficient (Wildman–Crippen LogP) is 5.39. The quantitative estimate of drug-likeness (QED) is 0.680. The van der Waals surface area contributed by atoms with Crippen LogP contribution in [-0.2, 0) is 5.41 Å². The highest BCUT2D eigenvalue weighted by molar-refractivity contribution is 6.30. The van der Waals surface area contributed by atoms with Gasteiger partial charge in [0.15, 0.2) is 0 Å². The standard InChI is InChI=1S/C20H31ClN.H2O/c1-22(15-7-3-2-4-8-16-22)17-20(13-5-6-14-20)18-9-11-19(21)12-10-18;/h9-12H,2-8,13-17H2,1H3;1H2/q+1;/p-1. The molecular weight excluding hydrogens is 306 g/mol. The Bertz CT molecular complexity index is 471. The summed E-state index contributed by atoms with van der Waals surface area (Å²) in [5.74, 6) is 0. The van der Waals surface area contributed by atoms with Crippen LogP contribution in [-0.4, -0.2) is 36.6 Å². The maximum absolute atomic E-state index is 6.12. The van der Waals surface area contributed by atoms with Gasteiger partial charge in [0.2, 0.25) is 0 Å². The lowest BCUT2D eigenvalue weighted by atomic mass is 9.77. The van der Waals surface area contributed by atoms with Crippen molar-refractivity contribution in [3.63, 3.8) is 0 Å². The van der Waals surface area contributed by atoms with E-state index < -0.39 is 0 Å². The molecule has 1 saturated heterocycles. The molecular formula is C20H32ClNO. The second kappa shape index (κ2) is 8.00. The van der Waals surface area contributed by atoms with E-state index in [-0.39, 0.29) is 5.48 Å². The molecule has 23 heavy (non-hydrogen) atoms. The van der Waals surface area contributed by atoms with E-state index in [0.717, 1.165) is 5.02 Å². The van der Waals surface area contributed by atoms with Crippen molar-refractivity contribution in [2.75, 3.05) is 26.7 Å². The Balaban J connectivity index is 0.00000192. The minimum Gasteiger partial charge on any atom is -0.870 e. The second-order valence-electron chi connectivity index (χ2n) is 7.99. The minimum absolute atomic E-state index is 0. The first-order valence-electron chi connectivity index (χ1n) is 9.22. The number of hydrogen-bond acceptors (Lipinski definition) is 1. The number of likely N-dealkylation sites (tertiary alicyclic amines) is 1. The summed E-state index contributed by atoms with van der Waals surface area (Å²) in [6.07, 6.45) is 12.6. The van der Waals surface area contributed by atoms with Gasteiger partial charge in [0, 0.05) is 10.4 Å². The highest BCUT2D eigenvalue weighted by atomic mass is 35.5. The molecule has 0 aromatic heterocycles. The highest BCUT2D eigenvalue weighted by Crippen LogP contribution is 2.43. The third-order valence-corrected chi connectivity index (χ3v) is 6.35. The summed E-state index contributed by atoms with van der Waals surface area (Å²) in [6, 6.07) is 8.77.